The van der Waals surface area contributed by atoms with E-state index in [2.05, 4.69) is 26.1 Å². The zero-order chi connectivity index (χ0) is 18.6. The van der Waals surface area contributed by atoms with Gasteiger partial charge in [0.05, 0.1) is 5.56 Å². The molecule has 0 aromatic heterocycles. The number of rotatable bonds is 4. The molecule has 4 nitrogen and oxygen atoms in total. The Balaban J connectivity index is 1.93. The third-order valence-electron chi connectivity index (χ3n) is 4.20. The highest BCUT2D eigenvalue weighted by molar-refractivity contribution is 5.96. The minimum absolute atomic E-state index is 0.0218. The molecule has 0 saturated carbocycles. The highest BCUT2D eigenvalue weighted by Gasteiger charge is 2.15. The summed E-state index contributed by atoms with van der Waals surface area (Å²) in [5.41, 5.74) is 4.42. The zero-order valence-corrected chi connectivity index (χ0v) is 15.5. The topological polar surface area (TPSA) is 55.4 Å². The molecule has 0 unspecified atom stereocenters. The second-order valence-electron chi connectivity index (χ2n) is 7.20. The van der Waals surface area contributed by atoms with E-state index in [0.717, 1.165) is 22.4 Å². The molecule has 0 spiro atoms. The van der Waals surface area contributed by atoms with Crippen molar-refractivity contribution >= 4 is 17.6 Å². The lowest BCUT2D eigenvalue weighted by molar-refractivity contribution is -0.119. The van der Waals surface area contributed by atoms with Crippen molar-refractivity contribution in [2.24, 2.45) is 0 Å². The Labute approximate surface area is 149 Å². The Morgan fingerprint density at radius 2 is 1.64 bits per heavy atom. The van der Waals surface area contributed by atoms with Gasteiger partial charge in [-0.3, -0.25) is 4.79 Å². The molecule has 0 aliphatic heterocycles. The summed E-state index contributed by atoms with van der Waals surface area (Å²) in [6, 6.07) is 13.0. The van der Waals surface area contributed by atoms with Crippen molar-refractivity contribution < 1.29 is 14.3 Å². The van der Waals surface area contributed by atoms with Gasteiger partial charge in [0, 0.05) is 5.69 Å². The summed E-state index contributed by atoms with van der Waals surface area (Å²) in [4.78, 5) is 24.1. The number of anilines is 1. The SMILES string of the molecule is Cc1cccc(NC(=O)COC(=O)c2ccc(C(C)(C)C)cc2)c1C. The van der Waals surface area contributed by atoms with Crippen LogP contribution in [0.15, 0.2) is 42.5 Å². The van der Waals surface area contributed by atoms with E-state index in [4.69, 9.17) is 4.74 Å². The van der Waals surface area contributed by atoms with E-state index in [0.29, 0.717) is 5.56 Å². The van der Waals surface area contributed by atoms with Crippen molar-refractivity contribution in [3.05, 3.63) is 64.7 Å². The van der Waals surface area contributed by atoms with Crippen LogP contribution in [0.3, 0.4) is 0 Å². The quantitative estimate of drug-likeness (QED) is 0.840. The molecule has 1 amide bonds. The molecule has 0 atom stereocenters. The van der Waals surface area contributed by atoms with Gasteiger partial charge >= 0.3 is 5.97 Å². The number of hydrogen-bond acceptors (Lipinski definition) is 3. The van der Waals surface area contributed by atoms with E-state index >= 15 is 0 Å². The smallest absolute Gasteiger partial charge is 0.338 e. The summed E-state index contributed by atoms with van der Waals surface area (Å²) in [5.74, 6) is -0.857. The number of carbonyl (C=O) groups is 2. The molecule has 4 heteroatoms. The molecular formula is C21H25NO3. The van der Waals surface area contributed by atoms with Crippen LogP contribution in [0.25, 0.3) is 0 Å². The van der Waals surface area contributed by atoms with Crippen LogP contribution in [-0.4, -0.2) is 18.5 Å². The molecule has 0 heterocycles. The van der Waals surface area contributed by atoms with Crippen molar-refractivity contribution in [1.29, 1.82) is 0 Å². The van der Waals surface area contributed by atoms with E-state index in [1.807, 2.05) is 44.2 Å². The van der Waals surface area contributed by atoms with Gasteiger partial charge < -0.3 is 10.1 Å². The Morgan fingerprint density at radius 1 is 1.00 bits per heavy atom. The highest BCUT2D eigenvalue weighted by atomic mass is 16.5. The standard InChI is InChI=1S/C21H25NO3/c1-14-7-6-8-18(15(14)2)22-19(23)13-25-20(24)16-9-11-17(12-10-16)21(3,4)5/h6-12H,13H2,1-5H3,(H,22,23). The predicted molar refractivity (Wildman–Crippen MR) is 100.0 cm³/mol. The number of aryl methyl sites for hydroxylation is 1. The number of benzene rings is 2. The van der Waals surface area contributed by atoms with Gasteiger partial charge in [-0.1, -0.05) is 45.0 Å². The number of carbonyl (C=O) groups excluding carboxylic acids is 2. The average Bonchev–Trinajstić information content (AvgIpc) is 2.56. The van der Waals surface area contributed by atoms with E-state index < -0.39 is 5.97 Å². The van der Waals surface area contributed by atoms with Gasteiger partial charge in [0.15, 0.2) is 6.61 Å². The van der Waals surface area contributed by atoms with Gasteiger partial charge in [0.2, 0.25) is 0 Å². The molecule has 2 aromatic carbocycles. The number of amides is 1. The van der Waals surface area contributed by atoms with Crippen LogP contribution in [0.1, 0.15) is 47.8 Å². The maximum absolute atomic E-state index is 12.1. The van der Waals surface area contributed by atoms with Crippen LogP contribution in [0, 0.1) is 13.8 Å². The fourth-order valence-corrected chi connectivity index (χ4v) is 2.39. The van der Waals surface area contributed by atoms with E-state index in [1.54, 1.807) is 12.1 Å². The van der Waals surface area contributed by atoms with E-state index in [9.17, 15) is 9.59 Å². The van der Waals surface area contributed by atoms with Crippen LogP contribution >= 0.6 is 0 Å². The average molecular weight is 339 g/mol. The number of hydrogen-bond donors (Lipinski definition) is 1. The molecule has 2 rings (SSSR count). The Hall–Kier alpha value is -2.62. The lowest BCUT2D eigenvalue weighted by Gasteiger charge is -2.18. The Bertz CT molecular complexity index is 771. The molecule has 132 valence electrons. The summed E-state index contributed by atoms with van der Waals surface area (Å²) in [6.07, 6.45) is 0. The maximum Gasteiger partial charge on any atom is 0.338 e. The van der Waals surface area contributed by atoms with Crippen LogP contribution < -0.4 is 5.32 Å². The van der Waals surface area contributed by atoms with Crippen LogP contribution in [0.5, 0.6) is 0 Å². The molecule has 0 fully saturated rings. The van der Waals surface area contributed by atoms with Crippen molar-refractivity contribution in [3.63, 3.8) is 0 Å². The van der Waals surface area contributed by atoms with Crippen LogP contribution in [-0.2, 0) is 14.9 Å². The second-order valence-corrected chi connectivity index (χ2v) is 7.20. The summed E-state index contributed by atoms with van der Waals surface area (Å²) >= 11 is 0. The number of nitrogens with one attached hydrogen (secondary N) is 1. The Morgan fingerprint density at radius 3 is 2.24 bits per heavy atom. The summed E-state index contributed by atoms with van der Waals surface area (Å²) in [7, 11) is 0. The van der Waals surface area contributed by atoms with Crippen molar-refractivity contribution in [2.75, 3.05) is 11.9 Å². The molecule has 0 saturated heterocycles. The van der Waals surface area contributed by atoms with Gasteiger partial charge in [-0.05, 0) is 54.2 Å². The number of ether oxygens (including phenoxy) is 1. The van der Waals surface area contributed by atoms with Gasteiger partial charge in [0.25, 0.3) is 5.91 Å². The zero-order valence-electron chi connectivity index (χ0n) is 15.5. The minimum Gasteiger partial charge on any atom is -0.452 e. The van der Waals surface area contributed by atoms with Gasteiger partial charge in [-0.25, -0.2) is 4.79 Å². The molecule has 0 aliphatic rings. The summed E-state index contributed by atoms with van der Waals surface area (Å²) in [5, 5.41) is 2.77. The molecule has 0 bridgehead atoms. The first-order chi connectivity index (χ1) is 11.7. The summed E-state index contributed by atoms with van der Waals surface area (Å²) < 4.78 is 5.11. The van der Waals surface area contributed by atoms with E-state index in [1.165, 1.54) is 0 Å². The third-order valence-corrected chi connectivity index (χ3v) is 4.20. The normalized spacial score (nSPS) is 11.1. The second kappa shape index (κ2) is 7.51. The molecule has 0 aliphatic carbocycles. The lowest BCUT2D eigenvalue weighted by atomic mass is 9.87. The first kappa shape index (κ1) is 18.7. The monoisotopic (exact) mass is 339 g/mol. The Kier molecular flexibility index (Phi) is 5.62. The molecule has 25 heavy (non-hydrogen) atoms. The van der Waals surface area contributed by atoms with Gasteiger partial charge in [0.1, 0.15) is 0 Å². The van der Waals surface area contributed by atoms with Crippen molar-refractivity contribution in [1.82, 2.24) is 0 Å². The lowest BCUT2D eigenvalue weighted by Crippen LogP contribution is -2.21. The molecule has 2 aromatic rings. The first-order valence-electron chi connectivity index (χ1n) is 8.32. The van der Waals surface area contributed by atoms with E-state index in [-0.39, 0.29) is 17.9 Å². The van der Waals surface area contributed by atoms with Crippen molar-refractivity contribution in [2.45, 2.75) is 40.0 Å². The third kappa shape index (κ3) is 4.92. The first-order valence-corrected chi connectivity index (χ1v) is 8.32. The maximum atomic E-state index is 12.1. The van der Waals surface area contributed by atoms with Crippen molar-refractivity contribution in [3.8, 4) is 0 Å². The van der Waals surface area contributed by atoms with Crippen LogP contribution in [0.2, 0.25) is 0 Å². The minimum atomic E-state index is -0.503. The fourth-order valence-electron chi connectivity index (χ4n) is 2.39. The van der Waals surface area contributed by atoms with Gasteiger partial charge in [-0.2, -0.15) is 0 Å². The fraction of sp³-hybridized carbons (Fsp3) is 0.333. The molecular weight excluding hydrogens is 314 g/mol. The van der Waals surface area contributed by atoms with Gasteiger partial charge in [-0.15, -0.1) is 0 Å². The number of esters is 1. The molecule has 1 N–H and O–H groups in total. The predicted octanol–water partition coefficient (Wildman–Crippen LogP) is 4.40. The molecule has 0 radical (unpaired) electrons. The highest BCUT2D eigenvalue weighted by Crippen LogP contribution is 2.22. The van der Waals surface area contributed by atoms with Crippen LogP contribution in [0.4, 0.5) is 5.69 Å². The summed E-state index contributed by atoms with van der Waals surface area (Å²) in [6.45, 7) is 9.93. The largest absolute Gasteiger partial charge is 0.452 e.